The van der Waals surface area contributed by atoms with Gasteiger partial charge in [0.25, 0.3) is 0 Å². The van der Waals surface area contributed by atoms with Crippen LogP contribution in [-0.4, -0.2) is 67.6 Å². The molecule has 6 rings (SSSR count). The summed E-state index contributed by atoms with van der Waals surface area (Å²) in [6, 6.07) is 24.5. The molecule has 1 aromatic heterocycles. The molecule has 0 bridgehead atoms. The highest BCUT2D eigenvalue weighted by atomic mass is 28.3. The average Bonchev–Trinajstić information content (AvgIpc) is 3.74. The van der Waals surface area contributed by atoms with Gasteiger partial charge in [-0.25, -0.2) is 0 Å². The molecule has 2 aliphatic rings. The molecule has 0 spiro atoms. The van der Waals surface area contributed by atoms with Crippen molar-refractivity contribution in [1.82, 2.24) is 15.0 Å². The first kappa shape index (κ1) is 32.9. The summed E-state index contributed by atoms with van der Waals surface area (Å²) in [4.78, 5) is 14.4. The molecule has 0 aliphatic carbocycles. The zero-order valence-electron chi connectivity index (χ0n) is 28.0. The quantitative estimate of drug-likeness (QED) is 0.196. The van der Waals surface area contributed by atoms with Gasteiger partial charge in [-0.1, -0.05) is 72.9 Å². The van der Waals surface area contributed by atoms with Gasteiger partial charge >= 0.3 is 0 Å². The number of aliphatic hydroxyl groups excluding tert-OH is 1. The maximum atomic E-state index is 12.5. The molecule has 0 saturated carbocycles. The van der Waals surface area contributed by atoms with Gasteiger partial charge in [-0.3, -0.25) is 9.48 Å². The van der Waals surface area contributed by atoms with E-state index in [1.54, 1.807) is 14.2 Å². The Balaban J connectivity index is 1.31. The van der Waals surface area contributed by atoms with Crippen molar-refractivity contribution >= 4 is 24.9 Å². The first-order valence-electron chi connectivity index (χ1n) is 16.6. The number of hydrogen-bond acceptors (Lipinski definition) is 7. The molecule has 3 heterocycles. The number of aliphatic hydroxyl groups is 1. The number of hydrogen-bond donors (Lipinski definition) is 1. The van der Waals surface area contributed by atoms with Crippen LogP contribution in [0.15, 0.2) is 79.0 Å². The van der Waals surface area contributed by atoms with Crippen LogP contribution in [0.1, 0.15) is 55.0 Å². The van der Waals surface area contributed by atoms with Crippen molar-refractivity contribution in [3.63, 3.8) is 0 Å². The summed E-state index contributed by atoms with van der Waals surface area (Å²) >= 11 is 0. The number of rotatable bonds is 12. The van der Waals surface area contributed by atoms with Crippen molar-refractivity contribution in [3.05, 3.63) is 95.8 Å². The highest BCUT2D eigenvalue weighted by molar-refractivity contribution is 6.91. The van der Waals surface area contributed by atoms with Crippen molar-refractivity contribution in [3.8, 4) is 11.5 Å². The van der Waals surface area contributed by atoms with Crippen LogP contribution >= 0.6 is 0 Å². The minimum Gasteiger partial charge on any atom is -0.497 e. The number of aryl methyl sites for hydroxylation is 1. The monoisotopic (exact) mass is 654 g/mol. The molecule has 3 aromatic carbocycles. The highest BCUT2D eigenvalue weighted by Crippen LogP contribution is 2.48. The summed E-state index contributed by atoms with van der Waals surface area (Å²) in [5.74, 6) is 1.64. The molecule has 2 unspecified atom stereocenters. The molecule has 1 saturated heterocycles. The van der Waals surface area contributed by atoms with Gasteiger partial charge in [-0.15, -0.1) is 5.10 Å². The van der Waals surface area contributed by atoms with Gasteiger partial charge in [0.05, 0.1) is 39.5 Å². The van der Waals surface area contributed by atoms with Crippen LogP contribution in [0.4, 0.5) is 5.69 Å². The molecule has 10 heteroatoms. The van der Waals surface area contributed by atoms with Crippen LogP contribution < -0.4 is 19.6 Å². The lowest BCUT2D eigenvalue weighted by Crippen LogP contribution is -2.54. The van der Waals surface area contributed by atoms with Crippen molar-refractivity contribution in [1.29, 1.82) is 0 Å². The van der Waals surface area contributed by atoms with E-state index in [9.17, 15) is 9.90 Å². The molecule has 2 aliphatic heterocycles. The zero-order valence-corrected chi connectivity index (χ0v) is 29.0. The molecule has 47 heavy (non-hydrogen) atoms. The molecule has 1 N–H and O–H groups in total. The second-order valence-corrected chi connectivity index (χ2v) is 18.1. The van der Waals surface area contributed by atoms with Crippen LogP contribution in [0.2, 0.25) is 18.6 Å². The topological polar surface area (TPSA) is 98.9 Å². The summed E-state index contributed by atoms with van der Waals surface area (Å²) in [6.45, 7) is 8.41. The Morgan fingerprint density at radius 2 is 1.83 bits per heavy atom. The molecule has 248 valence electrons. The van der Waals surface area contributed by atoms with Gasteiger partial charge < -0.3 is 24.2 Å². The molecule has 5 atom stereocenters. The SMILES string of the molecule is COc1ccc([Si](C)(C)C(CCn2cc(C(CO)c3ccccc3)nn2)[C@@H]2Oc3ccc(N4CCCC4=O)cc3[C@H](OC)[C@H]2C)cc1. The Hall–Kier alpha value is -3.99. The number of anilines is 1. The van der Waals surface area contributed by atoms with Crippen molar-refractivity contribution in [2.75, 3.05) is 32.3 Å². The average molecular weight is 655 g/mol. The van der Waals surface area contributed by atoms with Crippen molar-refractivity contribution in [2.45, 2.75) is 69.5 Å². The van der Waals surface area contributed by atoms with Gasteiger partial charge in [0, 0.05) is 50.0 Å². The molecule has 1 fully saturated rings. The fraction of sp³-hybridized carbons (Fsp3) is 0.432. The lowest BCUT2D eigenvalue weighted by atomic mass is 9.86. The number of carbonyl (C=O) groups excluding carboxylic acids is 1. The smallest absolute Gasteiger partial charge is 0.227 e. The fourth-order valence-electron chi connectivity index (χ4n) is 7.53. The van der Waals surface area contributed by atoms with Crippen LogP contribution in [0.5, 0.6) is 11.5 Å². The molecule has 4 aromatic rings. The second kappa shape index (κ2) is 14.0. The van der Waals surface area contributed by atoms with Gasteiger partial charge in [0.15, 0.2) is 0 Å². The lowest BCUT2D eigenvalue weighted by Gasteiger charge is -2.46. The zero-order chi connectivity index (χ0) is 33.1. The van der Waals surface area contributed by atoms with Crippen LogP contribution in [0.25, 0.3) is 0 Å². The Bertz CT molecular complexity index is 1660. The van der Waals surface area contributed by atoms with Gasteiger partial charge in [-0.05, 0) is 54.3 Å². The summed E-state index contributed by atoms with van der Waals surface area (Å²) in [6.07, 6.45) is 3.96. The summed E-state index contributed by atoms with van der Waals surface area (Å²) in [7, 11) is 1.26. The number of methoxy groups -OCH3 is 2. The third-order valence-corrected chi connectivity index (χ3v) is 14.6. The number of fused-ring (bicyclic) bond motifs is 1. The predicted molar refractivity (Wildman–Crippen MR) is 185 cm³/mol. The maximum Gasteiger partial charge on any atom is 0.227 e. The Labute approximate surface area is 278 Å². The number of amides is 1. The van der Waals surface area contributed by atoms with E-state index in [4.69, 9.17) is 14.2 Å². The fourth-order valence-corrected chi connectivity index (χ4v) is 11.0. The van der Waals surface area contributed by atoms with E-state index in [0.717, 1.165) is 53.4 Å². The number of aromatic nitrogens is 3. The van der Waals surface area contributed by atoms with E-state index in [1.807, 2.05) is 70.4 Å². The van der Waals surface area contributed by atoms with E-state index in [1.165, 1.54) is 5.19 Å². The summed E-state index contributed by atoms with van der Waals surface area (Å²) < 4.78 is 20.6. The van der Waals surface area contributed by atoms with E-state index >= 15 is 0 Å². The Kier molecular flexibility index (Phi) is 9.82. The van der Waals surface area contributed by atoms with E-state index in [2.05, 4.69) is 48.5 Å². The number of ether oxygens (including phenoxy) is 3. The summed E-state index contributed by atoms with van der Waals surface area (Å²) in [5, 5.41) is 20.5. The second-order valence-electron chi connectivity index (χ2n) is 13.4. The maximum absolute atomic E-state index is 12.5. The normalized spacial score (nSPS) is 20.9. The third kappa shape index (κ3) is 6.59. The lowest BCUT2D eigenvalue weighted by molar-refractivity contribution is -0.117. The molecular weight excluding hydrogens is 609 g/mol. The van der Waals surface area contributed by atoms with Crippen molar-refractivity contribution < 1.29 is 24.1 Å². The number of carbonyl (C=O) groups is 1. The highest BCUT2D eigenvalue weighted by Gasteiger charge is 2.47. The molecule has 1 amide bonds. The number of nitrogens with zero attached hydrogens (tertiary/aromatic N) is 4. The van der Waals surface area contributed by atoms with Crippen LogP contribution in [0.3, 0.4) is 0 Å². The van der Waals surface area contributed by atoms with E-state index < -0.39 is 8.07 Å². The standard InChI is InChI=1S/C37H46N4O5Si/c1-25-36(45-3)30-22-27(41-20-9-12-35(41)43)13-18-33(30)46-37(25)34(47(4,5)29-16-14-28(44-2)15-17-29)19-21-40-23-32(38-39-40)31(24-42)26-10-7-6-8-11-26/h6-8,10-11,13-18,22-23,25,31,34,36-37,42H,9,12,19-21,24H2,1-5H3/t25-,31?,34?,36-,37-/m1/s1. The predicted octanol–water partition coefficient (Wildman–Crippen LogP) is 5.70. The minimum absolute atomic E-state index is 0.0401. The number of benzene rings is 3. The van der Waals surface area contributed by atoms with Crippen molar-refractivity contribution in [2.24, 2.45) is 5.92 Å². The minimum atomic E-state index is -2.20. The first-order chi connectivity index (χ1) is 22.7. The Morgan fingerprint density at radius 3 is 2.49 bits per heavy atom. The molecule has 0 radical (unpaired) electrons. The van der Waals surface area contributed by atoms with Crippen LogP contribution in [0, 0.1) is 5.92 Å². The Morgan fingerprint density at radius 1 is 1.06 bits per heavy atom. The first-order valence-corrected chi connectivity index (χ1v) is 19.7. The third-order valence-electron chi connectivity index (χ3n) is 10.3. The van der Waals surface area contributed by atoms with Gasteiger partial charge in [0.2, 0.25) is 5.91 Å². The van der Waals surface area contributed by atoms with Gasteiger partial charge in [-0.2, -0.15) is 0 Å². The summed E-state index contributed by atoms with van der Waals surface area (Å²) in [5.41, 5.74) is 3.86. The molecular formula is C37H46N4O5Si. The van der Waals surface area contributed by atoms with E-state index in [-0.39, 0.29) is 42.1 Å². The van der Waals surface area contributed by atoms with Crippen LogP contribution in [-0.2, 0) is 16.1 Å². The largest absolute Gasteiger partial charge is 0.497 e. The van der Waals surface area contributed by atoms with Gasteiger partial charge in [0.1, 0.15) is 17.6 Å². The van der Waals surface area contributed by atoms with E-state index in [0.29, 0.717) is 13.0 Å². The molecule has 9 nitrogen and oxygen atoms in total.